The first-order valence-corrected chi connectivity index (χ1v) is 3.98. The van der Waals surface area contributed by atoms with Crippen molar-refractivity contribution in [2.45, 2.75) is 20.3 Å². The summed E-state index contributed by atoms with van der Waals surface area (Å²) in [5.41, 5.74) is -0.234. The van der Waals surface area contributed by atoms with Crippen LogP contribution < -0.4 is 0 Å². The van der Waals surface area contributed by atoms with E-state index in [1.54, 1.807) is 13.0 Å². The van der Waals surface area contributed by atoms with Crippen molar-refractivity contribution in [1.29, 1.82) is 5.41 Å². The van der Waals surface area contributed by atoms with Gasteiger partial charge in [0.2, 0.25) is 0 Å². The summed E-state index contributed by atoms with van der Waals surface area (Å²) in [5, 5.41) is 15.8. The van der Waals surface area contributed by atoms with Crippen molar-refractivity contribution >= 4 is 11.7 Å². The Balaban J connectivity index is 4.35. The second-order valence-electron chi connectivity index (χ2n) is 2.82. The second-order valence-corrected chi connectivity index (χ2v) is 2.82. The third-order valence-electron chi connectivity index (χ3n) is 2.10. The Hall–Kier alpha value is -1.12. The van der Waals surface area contributed by atoms with Crippen molar-refractivity contribution in [3.8, 4) is 0 Å². The first kappa shape index (κ1) is 10.9. The van der Waals surface area contributed by atoms with E-state index in [2.05, 4.69) is 6.58 Å². The van der Waals surface area contributed by atoms with Crippen molar-refractivity contribution in [3.05, 3.63) is 12.7 Å². The highest BCUT2D eigenvalue weighted by molar-refractivity contribution is 6.35. The quantitative estimate of drug-likeness (QED) is 0.488. The molecule has 0 saturated carbocycles. The Morgan fingerprint density at radius 2 is 2.25 bits per heavy atom. The van der Waals surface area contributed by atoms with E-state index in [1.807, 2.05) is 6.92 Å². The van der Waals surface area contributed by atoms with Gasteiger partial charge in [-0.25, -0.2) is 4.79 Å². The number of hydrogen-bond acceptors (Lipinski definition) is 2. The molecule has 3 heteroatoms. The molecule has 0 aliphatic heterocycles. The fraction of sp³-hybridized carbons (Fsp3) is 0.556. The molecule has 0 radical (unpaired) electrons. The van der Waals surface area contributed by atoms with Crippen molar-refractivity contribution in [1.82, 2.24) is 0 Å². The number of hydrogen-bond donors (Lipinski definition) is 2. The Morgan fingerprint density at radius 3 is 2.50 bits per heavy atom. The summed E-state index contributed by atoms with van der Waals surface area (Å²) in [5.74, 6) is -1.29. The van der Waals surface area contributed by atoms with E-state index in [1.165, 1.54) is 0 Å². The van der Waals surface area contributed by atoms with Gasteiger partial charge in [0, 0.05) is 5.92 Å². The first-order valence-electron chi connectivity index (χ1n) is 3.98. The van der Waals surface area contributed by atoms with Crippen LogP contribution in [0.2, 0.25) is 0 Å². The largest absolute Gasteiger partial charge is 0.477 e. The molecule has 0 amide bonds. The van der Waals surface area contributed by atoms with Crippen molar-refractivity contribution in [3.63, 3.8) is 0 Å². The molecule has 0 rings (SSSR count). The highest BCUT2D eigenvalue weighted by Gasteiger charge is 2.21. The first-order chi connectivity index (χ1) is 5.54. The molecule has 0 unspecified atom stereocenters. The normalized spacial score (nSPS) is 14.8. The molecule has 0 spiro atoms. The van der Waals surface area contributed by atoms with Gasteiger partial charge in [0.05, 0.1) is 0 Å². The van der Waals surface area contributed by atoms with E-state index in [9.17, 15) is 4.79 Å². The Kier molecular flexibility index (Phi) is 4.26. The number of carboxylic acids is 1. The minimum atomic E-state index is -1.14. The van der Waals surface area contributed by atoms with E-state index >= 15 is 0 Å². The third-order valence-corrected chi connectivity index (χ3v) is 2.10. The Labute approximate surface area is 72.6 Å². The zero-order valence-electron chi connectivity index (χ0n) is 7.50. The van der Waals surface area contributed by atoms with E-state index in [0.717, 1.165) is 6.42 Å². The lowest BCUT2D eigenvalue weighted by atomic mass is 9.88. The molecule has 0 aliphatic rings. The number of rotatable bonds is 5. The summed E-state index contributed by atoms with van der Waals surface area (Å²) in [4.78, 5) is 10.4. The SMILES string of the molecule is C=C[C@@H](CC)[C@H](C)C(=N)C(=O)O. The van der Waals surface area contributed by atoms with Crippen molar-refractivity contribution < 1.29 is 9.90 Å². The molecule has 0 aromatic rings. The fourth-order valence-corrected chi connectivity index (χ4v) is 1.13. The van der Waals surface area contributed by atoms with Crippen LogP contribution in [0.15, 0.2) is 12.7 Å². The molecule has 0 aromatic carbocycles. The lowest BCUT2D eigenvalue weighted by Crippen LogP contribution is -2.25. The molecule has 0 heterocycles. The Bertz CT molecular complexity index is 199. The van der Waals surface area contributed by atoms with Crippen LogP contribution in [-0.2, 0) is 4.79 Å². The van der Waals surface area contributed by atoms with Crippen LogP contribution >= 0.6 is 0 Å². The van der Waals surface area contributed by atoms with Crippen molar-refractivity contribution in [2.75, 3.05) is 0 Å². The van der Waals surface area contributed by atoms with Crippen LogP contribution in [0.5, 0.6) is 0 Å². The zero-order valence-corrected chi connectivity index (χ0v) is 7.50. The van der Waals surface area contributed by atoms with Gasteiger partial charge in [0.25, 0.3) is 0 Å². The van der Waals surface area contributed by atoms with Crippen LogP contribution in [0.3, 0.4) is 0 Å². The lowest BCUT2D eigenvalue weighted by Gasteiger charge is -2.17. The predicted octanol–water partition coefficient (Wildman–Crippen LogP) is 1.94. The van der Waals surface area contributed by atoms with Crippen LogP contribution in [0.4, 0.5) is 0 Å². The molecule has 0 bridgehead atoms. The van der Waals surface area contributed by atoms with Crippen LogP contribution in [0, 0.1) is 17.2 Å². The fourth-order valence-electron chi connectivity index (χ4n) is 1.13. The van der Waals surface area contributed by atoms with E-state index < -0.39 is 5.97 Å². The maximum Gasteiger partial charge on any atom is 0.349 e. The predicted molar refractivity (Wildman–Crippen MR) is 48.5 cm³/mol. The summed E-state index contributed by atoms with van der Waals surface area (Å²) < 4.78 is 0. The van der Waals surface area contributed by atoms with Gasteiger partial charge in [-0.2, -0.15) is 0 Å². The highest BCUT2D eigenvalue weighted by atomic mass is 16.4. The average molecular weight is 169 g/mol. The monoisotopic (exact) mass is 169 g/mol. The molecule has 0 aromatic heterocycles. The number of allylic oxidation sites excluding steroid dienone is 1. The molecule has 2 atom stereocenters. The van der Waals surface area contributed by atoms with Gasteiger partial charge in [-0.3, -0.25) is 5.41 Å². The van der Waals surface area contributed by atoms with Gasteiger partial charge in [-0.15, -0.1) is 6.58 Å². The maximum absolute atomic E-state index is 10.4. The molecular formula is C9H15NO2. The van der Waals surface area contributed by atoms with Gasteiger partial charge in [-0.1, -0.05) is 19.9 Å². The van der Waals surface area contributed by atoms with Crippen LogP contribution in [0.1, 0.15) is 20.3 Å². The van der Waals surface area contributed by atoms with Gasteiger partial charge >= 0.3 is 5.97 Å². The molecular weight excluding hydrogens is 154 g/mol. The minimum absolute atomic E-state index is 0.0913. The van der Waals surface area contributed by atoms with Gasteiger partial charge in [0.15, 0.2) is 0 Å². The second kappa shape index (κ2) is 4.70. The molecule has 68 valence electrons. The number of nitrogens with one attached hydrogen (secondary N) is 1. The zero-order chi connectivity index (χ0) is 9.72. The van der Waals surface area contributed by atoms with Gasteiger partial charge in [0.1, 0.15) is 5.71 Å². The van der Waals surface area contributed by atoms with Crippen LogP contribution in [-0.4, -0.2) is 16.8 Å². The number of carbonyl (C=O) groups is 1. The van der Waals surface area contributed by atoms with Crippen molar-refractivity contribution in [2.24, 2.45) is 11.8 Å². The third kappa shape index (κ3) is 2.49. The highest BCUT2D eigenvalue weighted by Crippen LogP contribution is 2.17. The average Bonchev–Trinajstić information content (AvgIpc) is 2.05. The van der Waals surface area contributed by atoms with Gasteiger partial charge < -0.3 is 5.11 Å². The maximum atomic E-state index is 10.4. The van der Waals surface area contributed by atoms with Crippen LogP contribution in [0.25, 0.3) is 0 Å². The summed E-state index contributed by atoms with van der Waals surface area (Å²) in [6, 6.07) is 0. The topological polar surface area (TPSA) is 61.2 Å². The summed E-state index contributed by atoms with van der Waals surface area (Å²) in [6.07, 6.45) is 2.53. The summed E-state index contributed by atoms with van der Waals surface area (Å²) >= 11 is 0. The van der Waals surface area contributed by atoms with E-state index in [4.69, 9.17) is 10.5 Å². The molecule has 3 nitrogen and oxygen atoms in total. The summed E-state index contributed by atoms with van der Waals surface area (Å²) in [6.45, 7) is 7.30. The summed E-state index contributed by atoms with van der Waals surface area (Å²) in [7, 11) is 0. The molecule has 0 fully saturated rings. The number of aliphatic carboxylic acids is 1. The molecule has 0 saturated heterocycles. The molecule has 2 N–H and O–H groups in total. The number of carboxylic acid groups (broad SMARTS) is 1. The Morgan fingerprint density at radius 1 is 1.75 bits per heavy atom. The van der Waals surface area contributed by atoms with Gasteiger partial charge in [-0.05, 0) is 12.3 Å². The smallest absolute Gasteiger partial charge is 0.349 e. The van der Waals surface area contributed by atoms with E-state index in [0.29, 0.717) is 0 Å². The standard InChI is InChI=1S/C9H15NO2/c1-4-7(5-2)6(3)8(10)9(11)12/h4,6-7,10H,1,5H2,2-3H3,(H,11,12)/t6-,7-/m0/s1. The molecule has 12 heavy (non-hydrogen) atoms. The minimum Gasteiger partial charge on any atom is -0.477 e. The lowest BCUT2D eigenvalue weighted by molar-refractivity contribution is -0.129. The molecule has 0 aliphatic carbocycles. The van der Waals surface area contributed by atoms with E-state index in [-0.39, 0.29) is 17.5 Å².